The van der Waals surface area contributed by atoms with Gasteiger partial charge in [-0.05, 0) is 51.6 Å². The molecule has 0 spiro atoms. The maximum absolute atomic E-state index is 5.49. The standard InChI is InChI=1S/C34H27NO/c1-36-25-18-16-24(17-19-25)31-32-27(30(22-10-4-2-5-11-22)23-12-6-3-7-13-23)20-21-28(32)34-33(31)26-14-8-9-15-29(26)35-34/h2-21,28,31-32,35H,1H3. The first kappa shape index (κ1) is 21.0. The number of aromatic amines is 1. The molecule has 2 aliphatic carbocycles. The lowest BCUT2D eigenvalue weighted by atomic mass is 9.77. The van der Waals surface area contributed by atoms with Crippen molar-refractivity contribution in [3.8, 4) is 5.75 Å². The molecule has 0 saturated carbocycles. The van der Waals surface area contributed by atoms with Gasteiger partial charge in [0.25, 0.3) is 0 Å². The summed E-state index contributed by atoms with van der Waals surface area (Å²) in [5, 5.41) is 1.33. The van der Waals surface area contributed by atoms with Gasteiger partial charge in [-0.15, -0.1) is 0 Å². The molecule has 0 bridgehead atoms. The van der Waals surface area contributed by atoms with Crippen LogP contribution in [0.5, 0.6) is 5.75 Å². The molecule has 0 fully saturated rings. The minimum atomic E-state index is 0.250. The van der Waals surface area contributed by atoms with Crippen LogP contribution in [0.15, 0.2) is 127 Å². The largest absolute Gasteiger partial charge is 0.497 e. The predicted octanol–water partition coefficient (Wildman–Crippen LogP) is 8.09. The monoisotopic (exact) mass is 465 g/mol. The molecule has 1 N–H and O–H groups in total. The van der Waals surface area contributed by atoms with E-state index in [0.29, 0.717) is 11.8 Å². The lowest BCUT2D eigenvalue weighted by molar-refractivity contribution is 0.414. The Kier molecular flexibility index (Phi) is 4.92. The number of benzene rings is 4. The van der Waals surface area contributed by atoms with Crippen LogP contribution >= 0.6 is 0 Å². The number of hydrogen-bond donors (Lipinski definition) is 1. The Bertz CT molecular complexity index is 1570. The maximum Gasteiger partial charge on any atom is 0.118 e. The van der Waals surface area contributed by atoms with Crippen molar-refractivity contribution in [3.63, 3.8) is 0 Å². The maximum atomic E-state index is 5.49. The zero-order valence-electron chi connectivity index (χ0n) is 20.2. The van der Waals surface area contributed by atoms with E-state index in [-0.39, 0.29) is 5.92 Å². The average Bonchev–Trinajstić information content (AvgIpc) is 3.61. The summed E-state index contributed by atoms with van der Waals surface area (Å²) in [5.41, 5.74) is 10.6. The fraction of sp³-hybridized carbons (Fsp3) is 0.118. The molecule has 0 radical (unpaired) electrons. The van der Waals surface area contributed by atoms with Gasteiger partial charge in [0.2, 0.25) is 0 Å². The summed E-state index contributed by atoms with van der Waals surface area (Å²) in [6.07, 6.45) is 4.80. The van der Waals surface area contributed by atoms with Crippen molar-refractivity contribution in [2.45, 2.75) is 11.8 Å². The van der Waals surface area contributed by atoms with E-state index in [4.69, 9.17) is 4.74 Å². The Morgan fingerprint density at radius 1 is 0.722 bits per heavy atom. The van der Waals surface area contributed by atoms with Crippen molar-refractivity contribution in [1.82, 2.24) is 4.98 Å². The third kappa shape index (κ3) is 3.18. The number of rotatable bonds is 4. The first-order valence-electron chi connectivity index (χ1n) is 12.6. The molecule has 0 saturated heterocycles. The van der Waals surface area contributed by atoms with Crippen LogP contribution in [-0.2, 0) is 0 Å². The van der Waals surface area contributed by atoms with E-state index in [0.717, 1.165) is 5.75 Å². The molecule has 4 aromatic carbocycles. The van der Waals surface area contributed by atoms with Crippen molar-refractivity contribution in [2.75, 3.05) is 7.11 Å². The van der Waals surface area contributed by atoms with E-state index >= 15 is 0 Å². The molecule has 2 aliphatic rings. The molecular formula is C34H27NO. The zero-order chi connectivity index (χ0) is 24.1. The highest BCUT2D eigenvalue weighted by atomic mass is 16.5. The fourth-order valence-electron chi connectivity index (χ4n) is 6.40. The highest BCUT2D eigenvalue weighted by Crippen LogP contribution is 2.59. The van der Waals surface area contributed by atoms with Gasteiger partial charge in [-0.1, -0.05) is 103 Å². The SMILES string of the molecule is COc1ccc(C2c3c([nH]c4ccccc34)C3C=CC(=C(c4ccccc4)c4ccccc4)C32)cc1. The molecule has 7 rings (SSSR count). The molecule has 174 valence electrons. The summed E-state index contributed by atoms with van der Waals surface area (Å²) in [6, 6.07) is 39.1. The van der Waals surface area contributed by atoms with Gasteiger partial charge in [0.1, 0.15) is 5.75 Å². The van der Waals surface area contributed by atoms with Crippen molar-refractivity contribution in [3.05, 3.63) is 155 Å². The molecule has 5 aromatic rings. The number of para-hydroxylation sites is 1. The van der Waals surface area contributed by atoms with Gasteiger partial charge in [-0.3, -0.25) is 0 Å². The quantitative estimate of drug-likeness (QED) is 0.285. The third-order valence-electron chi connectivity index (χ3n) is 7.90. The van der Waals surface area contributed by atoms with Crippen molar-refractivity contribution in [1.29, 1.82) is 0 Å². The molecule has 0 amide bonds. The molecule has 3 atom stereocenters. The summed E-state index contributed by atoms with van der Waals surface area (Å²) in [4.78, 5) is 3.81. The zero-order valence-corrected chi connectivity index (χ0v) is 20.2. The molecule has 2 heteroatoms. The number of methoxy groups -OCH3 is 1. The molecule has 2 nitrogen and oxygen atoms in total. The normalized spacial score (nSPS) is 19.9. The topological polar surface area (TPSA) is 25.0 Å². The molecule has 3 unspecified atom stereocenters. The lowest BCUT2D eigenvalue weighted by Gasteiger charge is -2.26. The Morgan fingerprint density at radius 3 is 2.03 bits per heavy atom. The minimum absolute atomic E-state index is 0.250. The average molecular weight is 466 g/mol. The summed E-state index contributed by atoms with van der Waals surface area (Å²) < 4.78 is 5.49. The van der Waals surface area contributed by atoms with Gasteiger partial charge in [0.15, 0.2) is 0 Å². The number of allylic oxidation sites excluding steroid dienone is 3. The van der Waals surface area contributed by atoms with Gasteiger partial charge in [0, 0.05) is 34.4 Å². The van der Waals surface area contributed by atoms with Crippen LogP contribution in [0.3, 0.4) is 0 Å². The summed E-state index contributed by atoms with van der Waals surface area (Å²) >= 11 is 0. The highest BCUT2D eigenvalue weighted by Gasteiger charge is 2.47. The number of H-pyrrole nitrogens is 1. The summed E-state index contributed by atoms with van der Waals surface area (Å²) in [5.74, 6) is 1.78. The number of nitrogens with one attached hydrogen (secondary N) is 1. The Hall–Kier alpha value is -4.30. The second-order valence-corrected chi connectivity index (χ2v) is 9.72. The Morgan fingerprint density at radius 2 is 1.36 bits per heavy atom. The smallest absolute Gasteiger partial charge is 0.118 e. The number of ether oxygens (including phenoxy) is 1. The number of fused-ring (bicyclic) bond motifs is 5. The number of aromatic nitrogens is 1. The van der Waals surface area contributed by atoms with Crippen LogP contribution in [0.1, 0.15) is 39.8 Å². The molecule has 36 heavy (non-hydrogen) atoms. The first-order chi connectivity index (χ1) is 17.8. The fourth-order valence-corrected chi connectivity index (χ4v) is 6.40. The predicted molar refractivity (Wildman–Crippen MR) is 147 cm³/mol. The van der Waals surface area contributed by atoms with E-state index in [2.05, 4.69) is 126 Å². The second kappa shape index (κ2) is 8.42. The van der Waals surface area contributed by atoms with Crippen LogP contribution in [0, 0.1) is 5.92 Å². The van der Waals surface area contributed by atoms with Gasteiger partial charge in [-0.25, -0.2) is 0 Å². The Labute approximate surface area is 211 Å². The molecule has 1 aromatic heterocycles. The van der Waals surface area contributed by atoms with Crippen molar-refractivity contribution >= 4 is 16.5 Å². The van der Waals surface area contributed by atoms with Crippen LogP contribution in [0.2, 0.25) is 0 Å². The highest BCUT2D eigenvalue weighted by molar-refractivity contribution is 5.90. The van der Waals surface area contributed by atoms with Crippen molar-refractivity contribution < 1.29 is 4.74 Å². The van der Waals surface area contributed by atoms with E-state index in [9.17, 15) is 0 Å². The summed E-state index contributed by atoms with van der Waals surface area (Å²) in [7, 11) is 1.73. The molecular weight excluding hydrogens is 438 g/mol. The van der Waals surface area contributed by atoms with E-state index in [1.807, 2.05) is 0 Å². The van der Waals surface area contributed by atoms with Gasteiger partial charge < -0.3 is 9.72 Å². The van der Waals surface area contributed by atoms with Crippen LogP contribution < -0.4 is 4.74 Å². The van der Waals surface area contributed by atoms with Crippen LogP contribution in [0.4, 0.5) is 0 Å². The van der Waals surface area contributed by atoms with E-state index in [1.54, 1.807) is 7.11 Å². The minimum Gasteiger partial charge on any atom is -0.497 e. The van der Waals surface area contributed by atoms with Crippen molar-refractivity contribution in [2.24, 2.45) is 5.92 Å². The summed E-state index contributed by atoms with van der Waals surface area (Å²) in [6.45, 7) is 0. The van der Waals surface area contributed by atoms with E-state index in [1.165, 1.54) is 50.0 Å². The third-order valence-corrected chi connectivity index (χ3v) is 7.90. The Balaban J connectivity index is 1.49. The van der Waals surface area contributed by atoms with Gasteiger partial charge in [-0.2, -0.15) is 0 Å². The number of hydrogen-bond acceptors (Lipinski definition) is 1. The van der Waals surface area contributed by atoms with Crippen LogP contribution in [0.25, 0.3) is 16.5 Å². The van der Waals surface area contributed by atoms with Crippen LogP contribution in [-0.4, -0.2) is 12.1 Å². The second-order valence-electron chi connectivity index (χ2n) is 9.72. The molecule has 1 heterocycles. The van der Waals surface area contributed by atoms with Gasteiger partial charge in [0.05, 0.1) is 7.11 Å². The van der Waals surface area contributed by atoms with E-state index < -0.39 is 0 Å². The first-order valence-corrected chi connectivity index (χ1v) is 12.6. The lowest BCUT2D eigenvalue weighted by Crippen LogP contribution is -2.13. The molecule has 0 aliphatic heterocycles. The van der Waals surface area contributed by atoms with Gasteiger partial charge >= 0.3 is 0 Å².